The summed E-state index contributed by atoms with van der Waals surface area (Å²) in [5, 5.41) is 6.39. The van der Waals surface area contributed by atoms with Crippen LogP contribution in [0.2, 0.25) is 0 Å². The molecule has 0 aliphatic heterocycles. The molecule has 9 heteroatoms. The minimum atomic E-state index is -0.886. The molecule has 128 valence electrons. The topological polar surface area (TPSA) is 92.7 Å². The summed E-state index contributed by atoms with van der Waals surface area (Å²) in [5.41, 5.74) is 0.548. The number of amides is 1. The molecule has 25 heavy (non-hydrogen) atoms. The van der Waals surface area contributed by atoms with Crippen LogP contribution in [-0.2, 0) is 0 Å². The molecule has 0 spiro atoms. The lowest BCUT2D eigenvalue weighted by atomic mass is 10.2. The van der Waals surface area contributed by atoms with Gasteiger partial charge in [-0.2, -0.15) is 5.10 Å². The number of aryl methyl sites for hydroxylation is 1. The third kappa shape index (κ3) is 3.30. The number of benzene rings is 1. The van der Waals surface area contributed by atoms with Gasteiger partial charge in [0, 0.05) is 17.8 Å². The lowest BCUT2D eigenvalue weighted by Crippen LogP contribution is -2.16. The zero-order valence-electron chi connectivity index (χ0n) is 13.3. The molecule has 2 aromatic heterocycles. The molecule has 0 aliphatic rings. The number of nitrogens with zero attached hydrogens (tertiary/aromatic N) is 3. The van der Waals surface area contributed by atoms with E-state index in [4.69, 9.17) is 0 Å². The van der Waals surface area contributed by atoms with Crippen molar-refractivity contribution in [3.05, 3.63) is 69.4 Å². The van der Waals surface area contributed by atoms with Crippen molar-refractivity contribution in [2.75, 3.05) is 5.32 Å². The first-order valence-electron chi connectivity index (χ1n) is 7.24. The number of H-pyrrole nitrogens is 1. The molecule has 2 heterocycles. The van der Waals surface area contributed by atoms with Crippen LogP contribution >= 0.6 is 0 Å². The van der Waals surface area contributed by atoms with Crippen molar-refractivity contribution in [1.29, 1.82) is 0 Å². The number of aromatic amines is 1. The Bertz CT molecular complexity index is 1030. The Morgan fingerprint density at radius 2 is 2.00 bits per heavy atom. The van der Waals surface area contributed by atoms with Gasteiger partial charge < -0.3 is 5.32 Å². The van der Waals surface area contributed by atoms with Crippen molar-refractivity contribution in [2.24, 2.45) is 0 Å². The quantitative estimate of drug-likeness (QED) is 0.760. The second-order valence-electron chi connectivity index (χ2n) is 5.34. The Balaban J connectivity index is 1.92. The molecule has 1 aromatic carbocycles. The fraction of sp³-hybridized carbons (Fsp3) is 0.125. The van der Waals surface area contributed by atoms with E-state index >= 15 is 0 Å². The molecular weight excluding hydrogens is 332 g/mol. The summed E-state index contributed by atoms with van der Waals surface area (Å²) in [6.07, 6.45) is 1.27. The van der Waals surface area contributed by atoms with Crippen molar-refractivity contribution in [3.63, 3.8) is 0 Å². The van der Waals surface area contributed by atoms with Crippen molar-refractivity contribution in [2.45, 2.75) is 13.8 Å². The minimum absolute atomic E-state index is 0.152. The third-order valence-electron chi connectivity index (χ3n) is 3.49. The fourth-order valence-electron chi connectivity index (χ4n) is 2.29. The third-order valence-corrected chi connectivity index (χ3v) is 3.49. The summed E-state index contributed by atoms with van der Waals surface area (Å²) in [7, 11) is 0. The molecule has 2 N–H and O–H groups in total. The fourth-order valence-corrected chi connectivity index (χ4v) is 2.29. The number of anilines is 1. The molecule has 3 rings (SSSR count). The van der Waals surface area contributed by atoms with E-state index in [2.05, 4.69) is 20.4 Å². The van der Waals surface area contributed by atoms with E-state index < -0.39 is 17.5 Å². The first-order chi connectivity index (χ1) is 11.8. The Morgan fingerprint density at radius 3 is 2.68 bits per heavy atom. The summed E-state index contributed by atoms with van der Waals surface area (Å²) < 4.78 is 27.9. The Hall–Kier alpha value is -3.36. The van der Waals surface area contributed by atoms with Gasteiger partial charge in [-0.15, -0.1) is 0 Å². The molecule has 7 nitrogen and oxygen atoms in total. The van der Waals surface area contributed by atoms with Gasteiger partial charge in [0.05, 0.1) is 23.1 Å². The molecule has 0 bridgehead atoms. The van der Waals surface area contributed by atoms with Crippen molar-refractivity contribution >= 4 is 11.6 Å². The molecule has 0 saturated carbocycles. The van der Waals surface area contributed by atoms with Gasteiger partial charge in [-0.1, -0.05) is 0 Å². The van der Waals surface area contributed by atoms with Gasteiger partial charge in [0.15, 0.2) is 0 Å². The minimum Gasteiger partial charge on any atom is -0.319 e. The molecule has 3 aromatic rings. The maximum absolute atomic E-state index is 13.7. The number of carbonyl (C=O) groups excluding carboxylic acids is 1. The number of rotatable bonds is 3. The monoisotopic (exact) mass is 345 g/mol. The van der Waals surface area contributed by atoms with Gasteiger partial charge in [0.25, 0.3) is 11.5 Å². The van der Waals surface area contributed by atoms with Crippen molar-refractivity contribution in [3.8, 4) is 5.95 Å². The number of halogens is 2. The highest BCUT2D eigenvalue weighted by Gasteiger charge is 2.18. The van der Waals surface area contributed by atoms with E-state index in [-0.39, 0.29) is 22.8 Å². The second-order valence-corrected chi connectivity index (χ2v) is 5.34. The van der Waals surface area contributed by atoms with Crippen LogP contribution in [0, 0.1) is 25.5 Å². The van der Waals surface area contributed by atoms with Crippen LogP contribution in [0.5, 0.6) is 0 Å². The summed E-state index contributed by atoms with van der Waals surface area (Å²) in [6, 6.07) is 4.17. The van der Waals surface area contributed by atoms with Gasteiger partial charge >= 0.3 is 0 Å². The van der Waals surface area contributed by atoms with Crippen LogP contribution in [0.1, 0.15) is 21.7 Å². The average Bonchev–Trinajstić information content (AvgIpc) is 2.91. The van der Waals surface area contributed by atoms with E-state index in [0.717, 1.165) is 12.1 Å². The number of hydrogen-bond donors (Lipinski definition) is 2. The largest absolute Gasteiger partial charge is 0.319 e. The molecule has 1 amide bonds. The highest BCUT2D eigenvalue weighted by molar-refractivity contribution is 6.05. The lowest BCUT2D eigenvalue weighted by molar-refractivity contribution is 0.102. The summed E-state index contributed by atoms with van der Waals surface area (Å²) >= 11 is 0. The van der Waals surface area contributed by atoms with Gasteiger partial charge in [-0.25, -0.2) is 18.4 Å². The number of aromatic nitrogens is 4. The zero-order chi connectivity index (χ0) is 18.1. The smallest absolute Gasteiger partial charge is 0.259 e. The summed E-state index contributed by atoms with van der Waals surface area (Å²) in [4.78, 5) is 30.6. The highest BCUT2D eigenvalue weighted by Crippen LogP contribution is 2.18. The lowest BCUT2D eigenvalue weighted by Gasteiger charge is -2.07. The van der Waals surface area contributed by atoms with Crippen LogP contribution in [-0.4, -0.2) is 25.7 Å². The molecule has 0 aliphatic carbocycles. The molecule has 0 atom stereocenters. The van der Waals surface area contributed by atoms with Crippen LogP contribution in [0.3, 0.4) is 0 Å². The van der Waals surface area contributed by atoms with E-state index in [9.17, 15) is 18.4 Å². The molecule has 0 radical (unpaired) electrons. The summed E-state index contributed by atoms with van der Waals surface area (Å²) in [6.45, 7) is 3.26. The molecular formula is C16H13F2N5O2. The molecule has 0 unspecified atom stereocenters. The first-order valence-corrected chi connectivity index (χ1v) is 7.24. The molecule has 0 saturated heterocycles. The van der Waals surface area contributed by atoms with E-state index in [1.165, 1.54) is 16.9 Å². The SMILES string of the molecule is Cc1cc(=O)[nH]c(-n2ncc(C(=O)Nc3ccc(F)cc3F)c2C)n1. The molecule has 0 fully saturated rings. The maximum Gasteiger partial charge on any atom is 0.259 e. The maximum atomic E-state index is 13.7. The van der Waals surface area contributed by atoms with Gasteiger partial charge in [0.1, 0.15) is 11.6 Å². The first kappa shape index (κ1) is 16.5. The van der Waals surface area contributed by atoms with Crippen LogP contribution in [0.25, 0.3) is 5.95 Å². The Labute approximate surface area is 140 Å². The van der Waals surface area contributed by atoms with Crippen LogP contribution in [0.4, 0.5) is 14.5 Å². The van der Waals surface area contributed by atoms with Gasteiger partial charge in [-0.3, -0.25) is 14.6 Å². The Morgan fingerprint density at radius 1 is 1.24 bits per heavy atom. The van der Waals surface area contributed by atoms with Crippen LogP contribution < -0.4 is 10.9 Å². The van der Waals surface area contributed by atoms with E-state index in [0.29, 0.717) is 17.5 Å². The standard InChI is InChI=1S/C16H13F2N5O2/c1-8-5-14(24)22-16(20-8)23-9(2)11(7-19-23)15(25)21-13-4-3-10(17)6-12(13)18/h3-7H,1-2H3,(H,21,25)(H,20,22,24). The predicted octanol–water partition coefficient (Wildman–Crippen LogP) is 2.10. The van der Waals surface area contributed by atoms with Crippen molar-refractivity contribution in [1.82, 2.24) is 19.7 Å². The second kappa shape index (κ2) is 6.27. The van der Waals surface area contributed by atoms with E-state index in [1.54, 1.807) is 13.8 Å². The zero-order valence-corrected chi connectivity index (χ0v) is 13.3. The van der Waals surface area contributed by atoms with Gasteiger partial charge in [-0.05, 0) is 26.0 Å². The number of nitrogens with one attached hydrogen (secondary N) is 2. The Kier molecular flexibility index (Phi) is 4.14. The van der Waals surface area contributed by atoms with Crippen molar-refractivity contribution < 1.29 is 13.6 Å². The number of carbonyl (C=O) groups is 1. The predicted molar refractivity (Wildman–Crippen MR) is 85.8 cm³/mol. The van der Waals surface area contributed by atoms with E-state index in [1.807, 2.05) is 0 Å². The highest BCUT2D eigenvalue weighted by atomic mass is 19.1. The summed E-state index contributed by atoms with van der Waals surface area (Å²) in [5.74, 6) is -2.09. The number of hydrogen-bond acceptors (Lipinski definition) is 4. The van der Waals surface area contributed by atoms with Crippen LogP contribution in [0.15, 0.2) is 35.3 Å². The van der Waals surface area contributed by atoms with Gasteiger partial charge in [0.2, 0.25) is 5.95 Å². The normalized spacial score (nSPS) is 10.7. The average molecular weight is 345 g/mol.